The van der Waals surface area contributed by atoms with Gasteiger partial charge < -0.3 is 15.0 Å². The van der Waals surface area contributed by atoms with Crippen molar-refractivity contribution in [2.45, 2.75) is 38.5 Å². The average molecular weight is 347 g/mol. The summed E-state index contributed by atoms with van der Waals surface area (Å²) in [5, 5.41) is 2.98. The summed E-state index contributed by atoms with van der Waals surface area (Å²) in [5.74, 6) is 0. The summed E-state index contributed by atoms with van der Waals surface area (Å²) in [6.45, 7) is 3.43. The molecule has 1 aromatic rings. The molecule has 2 atom stereocenters. The Morgan fingerprint density at radius 2 is 2.42 bits per heavy atom. The van der Waals surface area contributed by atoms with Crippen LogP contribution in [0.2, 0.25) is 0 Å². The Morgan fingerprint density at radius 1 is 1.63 bits per heavy atom. The number of nitrogens with one attached hydrogen (secondary N) is 1. The number of carbonyl (C=O) groups is 1. The predicted octanol–water partition coefficient (Wildman–Crippen LogP) is 3.22. The van der Waals surface area contributed by atoms with E-state index in [-0.39, 0.29) is 18.2 Å². The van der Waals surface area contributed by atoms with Crippen molar-refractivity contribution in [1.29, 1.82) is 0 Å². The molecule has 2 heterocycles. The average Bonchev–Trinajstić information content (AvgIpc) is 2.81. The van der Waals surface area contributed by atoms with Crippen LogP contribution < -0.4 is 5.32 Å². The number of nitrogens with zero attached hydrogens (tertiary/aromatic N) is 1. The van der Waals surface area contributed by atoms with Gasteiger partial charge in [-0.1, -0.05) is 0 Å². The van der Waals surface area contributed by atoms with E-state index < -0.39 is 0 Å². The topological polar surface area (TPSA) is 41.6 Å². The lowest BCUT2D eigenvalue weighted by Crippen LogP contribution is -2.50. The molecule has 1 fully saturated rings. The van der Waals surface area contributed by atoms with E-state index >= 15 is 0 Å². The van der Waals surface area contributed by atoms with Crippen LogP contribution >= 0.6 is 27.3 Å². The summed E-state index contributed by atoms with van der Waals surface area (Å²) in [5.41, 5.74) is 0. The highest BCUT2D eigenvalue weighted by atomic mass is 79.9. The Labute approximate surface area is 126 Å². The maximum Gasteiger partial charge on any atom is 0.317 e. The van der Waals surface area contributed by atoms with Gasteiger partial charge in [0.25, 0.3) is 0 Å². The highest BCUT2D eigenvalue weighted by Gasteiger charge is 2.28. The summed E-state index contributed by atoms with van der Waals surface area (Å²) >= 11 is 5.07. The SMILES string of the molecule is COC1CCN(C(=O)NCc2ccc(Br)s2)C(C)C1. The number of hydrogen-bond acceptors (Lipinski definition) is 3. The first kappa shape index (κ1) is 14.8. The fraction of sp³-hybridized carbons (Fsp3) is 0.615. The number of ether oxygens (including phenoxy) is 1. The van der Waals surface area contributed by atoms with E-state index in [0.29, 0.717) is 6.54 Å². The number of methoxy groups -OCH3 is 1. The maximum atomic E-state index is 12.2. The van der Waals surface area contributed by atoms with Crippen molar-refractivity contribution in [3.8, 4) is 0 Å². The molecule has 1 aliphatic heterocycles. The highest BCUT2D eigenvalue weighted by molar-refractivity contribution is 9.11. The Kier molecular flexibility index (Phi) is 5.24. The van der Waals surface area contributed by atoms with Crippen molar-refractivity contribution < 1.29 is 9.53 Å². The normalized spacial score (nSPS) is 23.4. The van der Waals surface area contributed by atoms with Crippen molar-refractivity contribution >= 4 is 33.3 Å². The molecule has 0 radical (unpaired) electrons. The number of carbonyl (C=O) groups excluding carboxylic acids is 1. The van der Waals surface area contributed by atoms with Crippen LogP contribution in [-0.4, -0.2) is 36.7 Å². The summed E-state index contributed by atoms with van der Waals surface area (Å²) < 4.78 is 6.45. The van der Waals surface area contributed by atoms with Gasteiger partial charge in [0.1, 0.15) is 0 Å². The third-order valence-electron chi connectivity index (χ3n) is 3.46. The Morgan fingerprint density at radius 3 is 3.00 bits per heavy atom. The molecule has 2 amide bonds. The molecule has 1 N–H and O–H groups in total. The molecule has 1 saturated heterocycles. The number of piperidine rings is 1. The van der Waals surface area contributed by atoms with E-state index in [2.05, 4.69) is 28.2 Å². The van der Waals surface area contributed by atoms with E-state index in [1.807, 2.05) is 17.0 Å². The summed E-state index contributed by atoms with van der Waals surface area (Å²) in [6.07, 6.45) is 2.11. The highest BCUT2D eigenvalue weighted by Crippen LogP contribution is 2.22. The molecular formula is C13H19BrN2O2S. The van der Waals surface area contributed by atoms with Gasteiger partial charge >= 0.3 is 6.03 Å². The van der Waals surface area contributed by atoms with Crippen LogP contribution in [0, 0.1) is 0 Å². The van der Waals surface area contributed by atoms with E-state index in [1.54, 1.807) is 18.4 Å². The molecule has 0 aliphatic carbocycles. The standard InChI is InChI=1S/C13H19BrN2O2S/c1-9-7-10(18-2)5-6-16(9)13(17)15-8-11-3-4-12(14)19-11/h3-4,9-10H,5-8H2,1-2H3,(H,15,17). The van der Waals surface area contributed by atoms with E-state index in [1.165, 1.54) is 0 Å². The van der Waals surface area contributed by atoms with E-state index in [4.69, 9.17) is 4.74 Å². The third kappa shape index (κ3) is 3.94. The van der Waals surface area contributed by atoms with Crippen molar-refractivity contribution in [2.75, 3.05) is 13.7 Å². The first-order valence-electron chi connectivity index (χ1n) is 6.41. The third-order valence-corrected chi connectivity index (χ3v) is 5.09. The molecule has 1 aromatic heterocycles. The Hall–Kier alpha value is -0.590. The first-order valence-corrected chi connectivity index (χ1v) is 8.02. The fourth-order valence-corrected chi connectivity index (χ4v) is 3.78. The van der Waals surface area contributed by atoms with Crippen LogP contribution in [0.3, 0.4) is 0 Å². The number of likely N-dealkylation sites (tertiary alicyclic amines) is 1. The molecule has 19 heavy (non-hydrogen) atoms. The van der Waals surface area contributed by atoms with E-state index in [0.717, 1.165) is 28.0 Å². The second kappa shape index (κ2) is 6.72. The second-order valence-corrected chi connectivity index (χ2v) is 7.34. The molecule has 2 unspecified atom stereocenters. The molecular weight excluding hydrogens is 328 g/mol. The van der Waals surface area contributed by atoms with Crippen LogP contribution in [0.15, 0.2) is 15.9 Å². The minimum Gasteiger partial charge on any atom is -0.381 e. The van der Waals surface area contributed by atoms with Gasteiger partial charge in [0.15, 0.2) is 0 Å². The zero-order valence-electron chi connectivity index (χ0n) is 11.2. The van der Waals surface area contributed by atoms with Gasteiger partial charge in [-0.05, 0) is 47.8 Å². The van der Waals surface area contributed by atoms with Crippen molar-refractivity contribution in [1.82, 2.24) is 10.2 Å². The van der Waals surface area contributed by atoms with Crippen molar-refractivity contribution in [3.63, 3.8) is 0 Å². The van der Waals surface area contributed by atoms with Gasteiger partial charge in [-0.25, -0.2) is 4.79 Å². The zero-order valence-corrected chi connectivity index (χ0v) is 13.6. The maximum absolute atomic E-state index is 12.2. The smallest absolute Gasteiger partial charge is 0.317 e. The molecule has 0 saturated carbocycles. The lowest BCUT2D eigenvalue weighted by molar-refractivity contribution is 0.0293. The Bertz CT molecular complexity index is 438. The molecule has 0 bridgehead atoms. The Balaban J connectivity index is 1.83. The largest absolute Gasteiger partial charge is 0.381 e. The number of thiophene rings is 1. The molecule has 0 aromatic carbocycles. The first-order chi connectivity index (χ1) is 9.10. The molecule has 0 spiro atoms. The van der Waals surface area contributed by atoms with Crippen molar-refractivity contribution in [3.05, 3.63) is 20.8 Å². The molecule has 4 nitrogen and oxygen atoms in total. The molecule has 2 rings (SSSR count). The van der Waals surface area contributed by atoms with Crippen LogP contribution in [0.4, 0.5) is 4.79 Å². The van der Waals surface area contributed by atoms with Gasteiger partial charge in [0.2, 0.25) is 0 Å². The van der Waals surface area contributed by atoms with Gasteiger partial charge in [0, 0.05) is 24.6 Å². The van der Waals surface area contributed by atoms with Crippen LogP contribution in [0.1, 0.15) is 24.6 Å². The van der Waals surface area contributed by atoms with Crippen LogP contribution in [0.5, 0.6) is 0 Å². The number of urea groups is 1. The lowest BCUT2D eigenvalue weighted by atomic mass is 10.0. The van der Waals surface area contributed by atoms with Gasteiger partial charge in [-0.15, -0.1) is 11.3 Å². The number of amides is 2. The number of hydrogen-bond donors (Lipinski definition) is 1. The summed E-state index contributed by atoms with van der Waals surface area (Å²) in [7, 11) is 1.74. The van der Waals surface area contributed by atoms with Crippen molar-refractivity contribution in [2.24, 2.45) is 0 Å². The quantitative estimate of drug-likeness (QED) is 0.912. The molecule has 6 heteroatoms. The molecule has 1 aliphatic rings. The second-order valence-electron chi connectivity index (χ2n) is 4.79. The van der Waals surface area contributed by atoms with Gasteiger partial charge in [-0.3, -0.25) is 0 Å². The van der Waals surface area contributed by atoms with Gasteiger partial charge in [0.05, 0.1) is 16.4 Å². The van der Waals surface area contributed by atoms with Crippen LogP contribution in [-0.2, 0) is 11.3 Å². The molecule has 106 valence electrons. The minimum atomic E-state index is 0.0200. The number of halogens is 1. The summed E-state index contributed by atoms with van der Waals surface area (Å²) in [4.78, 5) is 15.2. The van der Waals surface area contributed by atoms with Crippen LogP contribution in [0.25, 0.3) is 0 Å². The summed E-state index contributed by atoms with van der Waals surface area (Å²) in [6, 6.07) is 4.27. The number of rotatable bonds is 3. The van der Waals surface area contributed by atoms with Gasteiger partial charge in [-0.2, -0.15) is 0 Å². The minimum absolute atomic E-state index is 0.0200. The fourth-order valence-electron chi connectivity index (χ4n) is 2.36. The van der Waals surface area contributed by atoms with E-state index in [9.17, 15) is 4.79 Å². The lowest BCUT2D eigenvalue weighted by Gasteiger charge is -2.37. The zero-order chi connectivity index (χ0) is 13.8. The predicted molar refractivity (Wildman–Crippen MR) is 80.5 cm³/mol. The monoisotopic (exact) mass is 346 g/mol.